The number of nitriles is 1. The van der Waals surface area contributed by atoms with E-state index in [0.717, 1.165) is 5.69 Å². The van der Waals surface area contributed by atoms with Gasteiger partial charge in [0.15, 0.2) is 6.10 Å². The number of fused-ring (bicyclic) bond motifs is 1. The van der Waals surface area contributed by atoms with Crippen LogP contribution in [-0.2, 0) is 9.53 Å². The predicted octanol–water partition coefficient (Wildman–Crippen LogP) is -0.435. The highest BCUT2D eigenvalue weighted by Crippen LogP contribution is 2.28. The second-order valence-electron chi connectivity index (χ2n) is 6.42. The molecule has 1 aliphatic rings. The largest absolute Gasteiger partial charge is 0.394 e. The van der Waals surface area contributed by atoms with Gasteiger partial charge in [0.1, 0.15) is 17.1 Å². The molecule has 142 valence electrons. The van der Waals surface area contributed by atoms with Gasteiger partial charge in [-0.3, -0.25) is 14.8 Å². The van der Waals surface area contributed by atoms with Gasteiger partial charge in [0.25, 0.3) is 5.91 Å². The van der Waals surface area contributed by atoms with E-state index in [-0.39, 0.29) is 18.6 Å². The number of anilines is 1. The summed E-state index contributed by atoms with van der Waals surface area (Å²) in [7, 11) is 0. The maximum absolute atomic E-state index is 12.4. The van der Waals surface area contributed by atoms with E-state index < -0.39 is 18.8 Å². The number of nitrogens with zero attached hydrogens (tertiary/aromatic N) is 4. The number of hydrogen-bond donors (Lipinski definition) is 3. The monoisotopic (exact) mass is 371 g/mol. The first-order chi connectivity index (χ1) is 13.0. The number of morpholine rings is 1. The van der Waals surface area contributed by atoms with E-state index in [9.17, 15) is 15.2 Å². The summed E-state index contributed by atoms with van der Waals surface area (Å²) in [6.45, 7) is 2.25. The van der Waals surface area contributed by atoms with Crippen LogP contribution in [-0.4, -0.2) is 70.6 Å². The number of carbonyl (C=O) groups is 1. The zero-order valence-corrected chi connectivity index (χ0v) is 14.9. The number of aromatic nitrogens is 2. The number of hydrogen-bond acceptors (Lipinski definition) is 8. The third kappa shape index (κ3) is 4.14. The number of carbonyl (C=O) groups excluding carboxylic acids is 1. The minimum atomic E-state index is -1.01. The molecule has 2 unspecified atom stereocenters. The van der Waals surface area contributed by atoms with Crippen molar-refractivity contribution in [1.82, 2.24) is 15.3 Å². The summed E-state index contributed by atoms with van der Waals surface area (Å²) in [6, 6.07) is 5.61. The fourth-order valence-corrected chi connectivity index (χ4v) is 3.08. The second-order valence-corrected chi connectivity index (χ2v) is 6.42. The van der Waals surface area contributed by atoms with E-state index >= 15 is 0 Å². The molecule has 0 saturated carbocycles. The Hall–Kier alpha value is -2.80. The third-order valence-electron chi connectivity index (χ3n) is 4.34. The summed E-state index contributed by atoms with van der Waals surface area (Å²) in [4.78, 5) is 23.0. The van der Waals surface area contributed by atoms with Crippen LogP contribution in [0, 0.1) is 11.3 Å². The Labute approximate surface area is 156 Å². The Bertz CT molecular complexity index is 868. The number of benzene rings is 1. The second kappa shape index (κ2) is 8.26. The number of nitrogens with one attached hydrogen (secondary N) is 1. The lowest BCUT2D eigenvalue weighted by molar-refractivity contribution is -0.137. The van der Waals surface area contributed by atoms with E-state index in [4.69, 9.17) is 9.84 Å². The van der Waals surface area contributed by atoms with Gasteiger partial charge in [-0.1, -0.05) is 0 Å². The molecule has 27 heavy (non-hydrogen) atoms. The maximum atomic E-state index is 12.4. The molecule has 1 aromatic heterocycles. The topological polar surface area (TPSA) is 132 Å². The summed E-state index contributed by atoms with van der Waals surface area (Å²) >= 11 is 0. The summed E-state index contributed by atoms with van der Waals surface area (Å²) in [6.07, 6.45) is 1.15. The van der Waals surface area contributed by atoms with Gasteiger partial charge in [-0.05, 0) is 19.1 Å². The van der Waals surface area contributed by atoms with Crippen LogP contribution < -0.4 is 10.2 Å². The molecule has 0 radical (unpaired) electrons. The van der Waals surface area contributed by atoms with Crippen molar-refractivity contribution >= 4 is 22.6 Å². The average Bonchev–Trinajstić information content (AvgIpc) is 2.70. The fourth-order valence-electron chi connectivity index (χ4n) is 3.08. The van der Waals surface area contributed by atoms with Gasteiger partial charge < -0.3 is 25.2 Å². The van der Waals surface area contributed by atoms with Crippen LogP contribution in [0.25, 0.3) is 11.0 Å². The van der Waals surface area contributed by atoms with Crippen molar-refractivity contribution in [3.8, 4) is 6.07 Å². The van der Waals surface area contributed by atoms with Gasteiger partial charge in [-0.25, -0.2) is 0 Å². The van der Waals surface area contributed by atoms with Gasteiger partial charge in [-0.2, -0.15) is 5.26 Å². The van der Waals surface area contributed by atoms with Crippen LogP contribution in [0.2, 0.25) is 0 Å². The molecule has 1 amide bonds. The van der Waals surface area contributed by atoms with Gasteiger partial charge in [0, 0.05) is 25.5 Å². The summed E-state index contributed by atoms with van der Waals surface area (Å²) in [5.41, 5.74) is 2.33. The molecular formula is C18H21N5O4. The standard InChI is InChI=1S/C18H21N5O4/c1-11-8-23(9-15(27-11)18(26)22-7-13(25)10-24)14-3-2-12(6-19)16-17(14)21-5-4-20-16/h2-5,11,13,15,24-25H,7-10H2,1H3,(H,22,26)/t11?,13-,15?/m0/s1. The first-order valence-electron chi connectivity index (χ1n) is 8.64. The molecule has 1 aromatic carbocycles. The maximum Gasteiger partial charge on any atom is 0.251 e. The zero-order chi connectivity index (χ0) is 19.4. The summed E-state index contributed by atoms with van der Waals surface area (Å²) < 4.78 is 5.74. The van der Waals surface area contributed by atoms with Gasteiger partial charge in [-0.15, -0.1) is 0 Å². The Morgan fingerprint density at radius 1 is 1.41 bits per heavy atom. The highest BCUT2D eigenvalue weighted by atomic mass is 16.5. The molecule has 1 aliphatic heterocycles. The highest BCUT2D eigenvalue weighted by molar-refractivity contribution is 5.92. The molecule has 2 aromatic rings. The highest BCUT2D eigenvalue weighted by Gasteiger charge is 2.31. The van der Waals surface area contributed by atoms with Crippen molar-refractivity contribution in [3.05, 3.63) is 30.1 Å². The summed E-state index contributed by atoms with van der Waals surface area (Å²) in [5.74, 6) is -0.358. The summed E-state index contributed by atoms with van der Waals surface area (Å²) in [5, 5.41) is 30.1. The van der Waals surface area contributed by atoms with E-state index in [0.29, 0.717) is 29.7 Å². The van der Waals surface area contributed by atoms with Crippen molar-refractivity contribution in [2.24, 2.45) is 0 Å². The smallest absolute Gasteiger partial charge is 0.251 e. The number of aliphatic hydroxyl groups is 2. The minimum absolute atomic E-state index is 0.0468. The number of rotatable bonds is 5. The first-order valence-corrected chi connectivity index (χ1v) is 8.64. The molecule has 9 nitrogen and oxygen atoms in total. The average molecular weight is 371 g/mol. The van der Waals surface area contributed by atoms with Crippen LogP contribution in [0.15, 0.2) is 24.5 Å². The zero-order valence-electron chi connectivity index (χ0n) is 14.9. The van der Waals surface area contributed by atoms with Crippen molar-refractivity contribution in [2.45, 2.75) is 25.2 Å². The molecule has 3 rings (SSSR count). The van der Waals surface area contributed by atoms with Crippen LogP contribution in [0.1, 0.15) is 12.5 Å². The number of aliphatic hydroxyl groups excluding tert-OH is 2. The van der Waals surface area contributed by atoms with Crippen LogP contribution in [0.4, 0.5) is 5.69 Å². The predicted molar refractivity (Wildman–Crippen MR) is 96.9 cm³/mol. The van der Waals surface area contributed by atoms with E-state index in [1.54, 1.807) is 18.3 Å². The number of amides is 1. The van der Waals surface area contributed by atoms with Crippen molar-refractivity contribution in [1.29, 1.82) is 5.26 Å². The molecule has 3 atom stereocenters. The Kier molecular flexibility index (Phi) is 5.81. The Morgan fingerprint density at radius 2 is 2.15 bits per heavy atom. The van der Waals surface area contributed by atoms with E-state index in [2.05, 4.69) is 21.4 Å². The minimum Gasteiger partial charge on any atom is -0.394 e. The molecule has 0 aliphatic carbocycles. The lowest BCUT2D eigenvalue weighted by Crippen LogP contribution is -2.53. The lowest BCUT2D eigenvalue weighted by atomic mass is 10.1. The normalized spacial score (nSPS) is 20.9. The van der Waals surface area contributed by atoms with Gasteiger partial charge >= 0.3 is 0 Å². The third-order valence-corrected chi connectivity index (χ3v) is 4.34. The fraction of sp³-hybridized carbons (Fsp3) is 0.444. The molecule has 3 N–H and O–H groups in total. The Balaban J connectivity index is 1.84. The molecule has 2 heterocycles. The van der Waals surface area contributed by atoms with E-state index in [1.807, 2.05) is 11.8 Å². The first kappa shape index (κ1) is 19.0. The Morgan fingerprint density at radius 3 is 2.85 bits per heavy atom. The molecule has 1 saturated heterocycles. The van der Waals surface area contributed by atoms with Crippen LogP contribution >= 0.6 is 0 Å². The number of ether oxygens (including phenoxy) is 1. The van der Waals surface area contributed by atoms with Gasteiger partial charge in [0.2, 0.25) is 0 Å². The molecule has 1 fully saturated rings. The molecular weight excluding hydrogens is 350 g/mol. The van der Waals surface area contributed by atoms with E-state index in [1.165, 1.54) is 6.20 Å². The van der Waals surface area contributed by atoms with Gasteiger partial charge in [0.05, 0.1) is 36.6 Å². The van der Waals surface area contributed by atoms with Crippen molar-refractivity contribution in [3.63, 3.8) is 0 Å². The molecule has 0 bridgehead atoms. The quantitative estimate of drug-likeness (QED) is 0.645. The lowest BCUT2D eigenvalue weighted by Gasteiger charge is -2.37. The van der Waals surface area contributed by atoms with Crippen LogP contribution in [0.3, 0.4) is 0 Å². The molecule has 0 spiro atoms. The molecule has 9 heteroatoms. The van der Waals surface area contributed by atoms with Crippen molar-refractivity contribution < 1.29 is 19.7 Å². The SMILES string of the molecule is CC1CN(c2ccc(C#N)c3nccnc23)CC(C(=O)NC[C@H](O)CO)O1. The van der Waals surface area contributed by atoms with Crippen LogP contribution in [0.5, 0.6) is 0 Å². The van der Waals surface area contributed by atoms with Crippen molar-refractivity contribution in [2.75, 3.05) is 31.1 Å².